The Hall–Kier alpha value is -1.65. The first-order valence-corrected chi connectivity index (χ1v) is 6.78. The minimum Gasteiger partial charge on any atom is -0.478 e. The van der Waals surface area contributed by atoms with Crippen LogP contribution in [0, 0.1) is 23.6 Å². The van der Waals surface area contributed by atoms with E-state index in [1.165, 1.54) is 25.7 Å². The molecular weight excluding hydrogens is 247 g/mol. The van der Waals surface area contributed by atoms with Gasteiger partial charge in [0, 0.05) is 6.54 Å². The highest BCUT2D eigenvalue weighted by molar-refractivity contribution is 5.93. The van der Waals surface area contributed by atoms with E-state index < -0.39 is 11.8 Å². The average Bonchev–Trinajstić information content (AvgIpc) is 3.25. The molecule has 3 rings (SSSR count). The molecule has 4 nitrogen and oxygen atoms in total. The Balaban J connectivity index is 1.70. The number of carboxylic acids is 1. The smallest absolute Gasteiger partial charge is 0.339 e. The number of rotatable bonds is 6. The summed E-state index contributed by atoms with van der Waals surface area (Å²) in [5, 5.41) is 12.2. The molecule has 0 atom stereocenters. The standard InChI is InChI=1S/C14H17FN2O2/c15-10-5-11(14(18)19)13(16-6-10)17-7-12(8-1-2-8)9-3-4-9/h5-6,8-9,12H,1-4,7H2,(H,16,17)(H,18,19). The van der Waals surface area contributed by atoms with Crippen LogP contribution in [-0.2, 0) is 0 Å². The lowest BCUT2D eigenvalue weighted by atomic mass is 9.98. The van der Waals surface area contributed by atoms with Crippen LogP contribution in [0.3, 0.4) is 0 Å². The van der Waals surface area contributed by atoms with Crippen molar-refractivity contribution in [2.45, 2.75) is 25.7 Å². The molecule has 0 aromatic carbocycles. The number of nitrogens with zero attached hydrogens (tertiary/aromatic N) is 1. The summed E-state index contributed by atoms with van der Waals surface area (Å²) in [5.74, 6) is 0.698. The van der Waals surface area contributed by atoms with Gasteiger partial charge in [-0.2, -0.15) is 0 Å². The maximum Gasteiger partial charge on any atom is 0.339 e. The fourth-order valence-electron chi connectivity index (χ4n) is 2.72. The Morgan fingerprint density at radius 1 is 1.42 bits per heavy atom. The van der Waals surface area contributed by atoms with E-state index in [4.69, 9.17) is 5.11 Å². The van der Waals surface area contributed by atoms with Crippen LogP contribution in [0.5, 0.6) is 0 Å². The van der Waals surface area contributed by atoms with E-state index in [0.717, 1.165) is 30.6 Å². The number of anilines is 1. The van der Waals surface area contributed by atoms with Crippen molar-refractivity contribution in [2.75, 3.05) is 11.9 Å². The van der Waals surface area contributed by atoms with Crippen LogP contribution in [0.4, 0.5) is 10.2 Å². The van der Waals surface area contributed by atoms with Gasteiger partial charge in [0.1, 0.15) is 17.2 Å². The highest BCUT2D eigenvalue weighted by Gasteiger charge is 2.41. The highest BCUT2D eigenvalue weighted by Crippen LogP contribution is 2.49. The molecule has 2 aliphatic rings. The molecule has 0 unspecified atom stereocenters. The molecule has 2 aliphatic carbocycles. The predicted molar refractivity (Wildman–Crippen MR) is 68.6 cm³/mol. The SMILES string of the molecule is O=C(O)c1cc(F)cnc1NCC(C1CC1)C1CC1. The molecule has 0 spiro atoms. The summed E-state index contributed by atoms with van der Waals surface area (Å²) in [6.45, 7) is 0.744. The summed E-state index contributed by atoms with van der Waals surface area (Å²) in [6.07, 6.45) is 6.19. The van der Waals surface area contributed by atoms with Crippen LogP contribution in [0.1, 0.15) is 36.0 Å². The molecule has 1 aromatic heterocycles. The molecule has 2 fully saturated rings. The first-order valence-electron chi connectivity index (χ1n) is 6.78. The maximum atomic E-state index is 13.0. The Kier molecular flexibility index (Phi) is 3.12. The molecule has 19 heavy (non-hydrogen) atoms. The summed E-state index contributed by atoms with van der Waals surface area (Å²) >= 11 is 0. The molecule has 0 amide bonds. The Morgan fingerprint density at radius 3 is 2.58 bits per heavy atom. The monoisotopic (exact) mass is 264 g/mol. The lowest BCUT2D eigenvalue weighted by Crippen LogP contribution is -2.20. The number of nitrogens with one attached hydrogen (secondary N) is 1. The van der Waals surface area contributed by atoms with Gasteiger partial charge in [0.25, 0.3) is 0 Å². The second kappa shape index (κ2) is 4.79. The zero-order valence-corrected chi connectivity index (χ0v) is 10.6. The van der Waals surface area contributed by atoms with Crippen molar-refractivity contribution in [3.63, 3.8) is 0 Å². The lowest BCUT2D eigenvalue weighted by Gasteiger charge is -2.17. The third-order valence-electron chi connectivity index (χ3n) is 4.04. The number of hydrogen-bond donors (Lipinski definition) is 2. The van der Waals surface area contributed by atoms with Gasteiger partial charge in [0.05, 0.1) is 6.20 Å². The molecule has 2 N–H and O–H groups in total. The molecule has 0 aliphatic heterocycles. The molecule has 5 heteroatoms. The van der Waals surface area contributed by atoms with Crippen molar-refractivity contribution in [3.05, 3.63) is 23.6 Å². The summed E-state index contributed by atoms with van der Waals surface area (Å²) < 4.78 is 13.0. The van der Waals surface area contributed by atoms with Gasteiger partial charge in [0.15, 0.2) is 0 Å². The molecule has 102 valence electrons. The minimum absolute atomic E-state index is 0.0923. The highest BCUT2D eigenvalue weighted by atomic mass is 19.1. The fraction of sp³-hybridized carbons (Fsp3) is 0.571. The summed E-state index contributed by atoms with van der Waals surface area (Å²) in [5.41, 5.74) is -0.0923. The largest absolute Gasteiger partial charge is 0.478 e. The van der Waals surface area contributed by atoms with E-state index in [1.807, 2.05) is 0 Å². The van der Waals surface area contributed by atoms with E-state index in [0.29, 0.717) is 5.92 Å². The van der Waals surface area contributed by atoms with E-state index in [-0.39, 0.29) is 11.4 Å². The van der Waals surface area contributed by atoms with Gasteiger partial charge < -0.3 is 10.4 Å². The summed E-state index contributed by atoms with van der Waals surface area (Å²) in [4.78, 5) is 14.9. The number of pyridine rings is 1. The number of aromatic nitrogens is 1. The van der Waals surface area contributed by atoms with E-state index in [2.05, 4.69) is 10.3 Å². The van der Waals surface area contributed by atoms with Gasteiger partial charge in [-0.3, -0.25) is 0 Å². The van der Waals surface area contributed by atoms with E-state index in [9.17, 15) is 9.18 Å². The zero-order valence-electron chi connectivity index (χ0n) is 10.6. The molecule has 1 heterocycles. The summed E-state index contributed by atoms with van der Waals surface area (Å²) in [6, 6.07) is 1.01. The second-order valence-corrected chi connectivity index (χ2v) is 5.57. The summed E-state index contributed by atoms with van der Waals surface area (Å²) in [7, 11) is 0. The fourth-order valence-corrected chi connectivity index (χ4v) is 2.72. The topological polar surface area (TPSA) is 62.2 Å². The van der Waals surface area contributed by atoms with Crippen LogP contribution in [0.15, 0.2) is 12.3 Å². The quantitative estimate of drug-likeness (QED) is 0.829. The Labute approximate surface area is 111 Å². The van der Waals surface area contributed by atoms with Crippen LogP contribution in [-0.4, -0.2) is 22.6 Å². The van der Waals surface area contributed by atoms with Gasteiger partial charge >= 0.3 is 5.97 Å². The predicted octanol–water partition coefficient (Wildman–Crippen LogP) is 2.77. The van der Waals surface area contributed by atoms with Crippen molar-refractivity contribution in [3.8, 4) is 0 Å². The van der Waals surface area contributed by atoms with Crippen molar-refractivity contribution in [1.82, 2.24) is 4.98 Å². The van der Waals surface area contributed by atoms with Crippen molar-refractivity contribution >= 4 is 11.8 Å². The van der Waals surface area contributed by atoms with Crippen molar-refractivity contribution in [2.24, 2.45) is 17.8 Å². The third kappa shape index (κ3) is 2.85. The second-order valence-electron chi connectivity index (χ2n) is 5.57. The van der Waals surface area contributed by atoms with Gasteiger partial charge in [-0.25, -0.2) is 14.2 Å². The van der Waals surface area contributed by atoms with E-state index >= 15 is 0 Å². The molecule has 0 saturated heterocycles. The van der Waals surface area contributed by atoms with Crippen LogP contribution in [0.25, 0.3) is 0 Å². The molecule has 0 radical (unpaired) electrons. The maximum absolute atomic E-state index is 13.0. The van der Waals surface area contributed by atoms with Crippen LogP contribution < -0.4 is 5.32 Å². The van der Waals surface area contributed by atoms with Crippen LogP contribution >= 0.6 is 0 Å². The molecule has 0 bridgehead atoms. The molecule has 1 aromatic rings. The van der Waals surface area contributed by atoms with Crippen LogP contribution in [0.2, 0.25) is 0 Å². The van der Waals surface area contributed by atoms with Gasteiger partial charge in [-0.1, -0.05) is 0 Å². The third-order valence-corrected chi connectivity index (χ3v) is 4.04. The minimum atomic E-state index is -1.15. The van der Waals surface area contributed by atoms with Gasteiger partial charge in [0.2, 0.25) is 0 Å². The Bertz CT molecular complexity index is 486. The van der Waals surface area contributed by atoms with Gasteiger partial charge in [-0.05, 0) is 49.5 Å². The average molecular weight is 264 g/mol. The number of halogens is 1. The molecular formula is C14H17FN2O2. The number of carbonyl (C=O) groups is 1. The van der Waals surface area contributed by atoms with Crippen molar-refractivity contribution < 1.29 is 14.3 Å². The number of hydrogen-bond acceptors (Lipinski definition) is 3. The van der Waals surface area contributed by atoms with Crippen molar-refractivity contribution in [1.29, 1.82) is 0 Å². The first kappa shape index (κ1) is 12.4. The van der Waals surface area contributed by atoms with Gasteiger partial charge in [-0.15, -0.1) is 0 Å². The first-order chi connectivity index (χ1) is 9.15. The lowest BCUT2D eigenvalue weighted by molar-refractivity contribution is 0.0697. The normalized spacial score (nSPS) is 18.6. The Morgan fingerprint density at radius 2 is 2.05 bits per heavy atom. The zero-order chi connectivity index (χ0) is 13.4. The number of carboxylic acid groups (broad SMARTS) is 1. The number of aromatic carboxylic acids is 1. The molecule has 2 saturated carbocycles. The van der Waals surface area contributed by atoms with E-state index in [1.54, 1.807) is 0 Å².